The number of rotatable bonds is 2. The van der Waals surface area contributed by atoms with E-state index in [0.717, 1.165) is 30.1 Å². The highest BCUT2D eigenvalue weighted by Gasteiger charge is 2.31. The average Bonchev–Trinajstić information content (AvgIpc) is 2.64. The van der Waals surface area contributed by atoms with Gasteiger partial charge in [-0.3, -0.25) is 0 Å². The first-order chi connectivity index (χ1) is 8.97. The van der Waals surface area contributed by atoms with E-state index in [1.807, 2.05) is 6.92 Å². The lowest BCUT2D eigenvalue weighted by Crippen LogP contribution is -2.26. The smallest absolute Gasteiger partial charge is 0.144 e. The van der Waals surface area contributed by atoms with Crippen LogP contribution in [-0.4, -0.2) is 9.55 Å². The lowest BCUT2D eigenvalue weighted by molar-refractivity contribution is 0.216. The molecule has 2 nitrogen and oxygen atoms in total. The lowest BCUT2D eigenvalue weighted by atomic mass is 9.81. The van der Waals surface area contributed by atoms with E-state index in [1.165, 1.54) is 6.07 Å². The second-order valence-corrected chi connectivity index (χ2v) is 6.50. The molecule has 19 heavy (non-hydrogen) atoms. The number of imidazole rings is 1. The zero-order valence-corrected chi connectivity index (χ0v) is 12.3. The summed E-state index contributed by atoms with van der Waals surface area (Å²) in [5, 5.41) is -0.0695. The zero-order valence-electron chi connectivity index (χ0n) is 10.8. The summed E-state index contributed by atoms with van der Waals surface area (Å²) < 4.78 is 15.7. The predicted molar refractivity (Wildman–Crippen MR) is 76.4 cm³/mol. The highest BCUT2D eigenvalue weighted by atomic mass is 35.5. The van der Waals surface area contributed by atoms with Gasteiger partial charge < -0.3 is 4.57 Å². The van der Waals surface area contributed by atoms with Crippen LogP contribution in [0.15, 0.2) is 12.1 Å². The molecule has 102 valence electrons. The van der Waals surface area contributed by atoms with Crippen molar-refractivity contribution < 1.29 is 4.39 Å². The summed E-state index contributed by atoms with van der Waals surface area (Å²) >= 11 is 12.1. The van der Waals surface area contributed by atoms with Gasteiger partial charge in [-0.15, -0.1) is 11.6 Å². The summed E-state index contributed by atoms with van der Waals surface area (Å²) in [4.78, 5) is 4.47. The number of halogens is 3. The molecule has 0 radical (unpaired) electrons. The third-order valence-electron chi connectivity index (χ3n) is 3.83. The van der Waals surface area contributed by atoms with Gasteiger partial charge >= 0.3 is 0 Å². The molecule has 1 unspecified atom stereocenters. The molecule has 1 aliphatic rings. The quantitative estimate of drug-likeness (QED) is 0.706. The fraction of sp³-hybridized carbons (Fsp3) is 0.500. The average molecular weight is 301 g/mol. The van der Waals surface area contributed by atoms with Crippen LogP contribution in [0.5, 0.6) is 0 Å². The van der Waals surface area contributed by atoms with E-state index in [-0.39, 0.29) is 10.4 Å². The van der Waals surface area contributed by atoms with Crippen LogP contribution >= 0.6 is 23.2 Å². The number of fused-ring (bicyclic) bond motifs is 1. The van der Waals surface area contributed by atoms with Crippen molar-refractivity contribution in [1.29, 1.82) is 0 Å². The number of alkyl halides is 1. The molecule has 1 aromatic carbocycles. The van der Waals surface area contributed by atoms with Crippen molar-refractivity contribution >= 4 is 34.2 Å². The maximum absolute atomic E-state index is 13.5. The van der Waals surface area contributed by atoms with Gasteiger partial charge in [-0.1, -0.05) is 18.5 Å². The number of aromatic nitrogens is 2. The predicted octanol–water partition coefficient (Wildman–Crippen LogP) is 5.10. The van der Waals surface area contributed by atoms with Gasteiger partial charge in [0.25, 0.3) is 0 Å². The molecule has 0 bridgehead atoms. The Morgan fingerprint density at radius 1 is 1.42 bits per heavy atom. The molecule has 0 amide bonds. The van der Waals surface area contributed by atoms with Crippen molar-refractivity contribution in [1.82, 2.24) is 9.55 Å². The van der Waals surface area contributed by atoms with E-state index < -0.39 is 5.82 Å². The van der Waals surface area contributed by atoms with Gasteiger partial charge in [-0.2, -0.15) is 0 Å². The molecule has 1 aromatic heterocycles. The third kappa shape index (κ3) is 2.13. The summed E-state index contributed by atoms with van der Waals surface area (Å²) in [6.07, 6.45) is 2.22. The monoisotopic (exact) mass is 300 g/mol. The van der Waals surface area contributed by atoms with Gasteiger partial charge in [-0.05, 0) is 31.7 Å². The molecule has 0 saturated heterocycles. The van der Waals surface area contributed by atoms with Crippen molar-refractivity contribution in [3.05, 3.63) is 28.8 Å². The number of nitrogens with zero attached hydrogens (tertiary/aromatic N) is 2. The van der Waals surface area contributed by atoms with Crippen molar-refractivity contribution in [3.8, 4) is 0 Å². The minimum Gasteiger partial charge on any atom is -0.324 e. The molecular weight excluding hydrogens is 286 g/mol. The molecule has 1 atom stereocenters. The highest BCUT2D eigenvalue weighted by Crippen LogP contribution is 2.42. The van der Waals surface area contributed by atoms with Gasteiger partial charge in [0.2, 0.25) is 0 Å². The Morgan fingerprint density at radius 2 is 2.11 bits per heavy atom. The van der Waals surface area contributed by atoms with E-state index in [0.29, 0.717) is 11.6 Å². The maximum atomic E-state index is 13.5. The van der Waals surface area contributed by atoms with Crippen molar-refractivity contribution in [2.24, 2.45) is 5.92 Å². The Balaban J connectivity index is 2.20. The Labute approximate surface area is 121 Å². The van der Waals surface area contributed by atoms with E-state index in [2.05, 4.69) is 16.5 Å². The van der Waals surface area contributed by atoms with E-state index in [1.54, 1.807) is 6.07 Å². The van der Waals surface area contributed by atoms with Gasteiger partial charge in [0.1, 0.15) is 11.6 Å². The van der Waals surface area contributed by atoms with E-state index in [4.69, 9.17) is 23.2 Å². The number of benzene rings is 1. The Bertz CT molecular complexity index is 630. The second kappa shape index (κ2) is 4.64. The normalized spacial score (nSPS) is 24.5. The van der Waals surface area contributed by atoms with Crippen LogP contribution in [0, 0.1) is 11.7 Å². The zero-order chi connectivity index (χ0) is 13.7. The number of hydrogen-bond acceptors (Lipinski definition) is 1. The first-order valence-electron chi connectivity index (χ1n) is 6.48. The fourth-order valence-corrected chi connectivity index (χ4v) is 3.16. The summed E-state index contributed by atoms with van der Waals surface area (Å²) in [5.41, 5.74) is 1.51. The third-order valence-corrected chi connectivity index (χ3v) is 4.31. The van der Waals surface area contributed by atoms with Crippen molar-refractivity contribution in [3.63, 3.8) is 0 Å². The first kappa shape index (κ1) is 13.2. The van der Waals surface area contributed by atoms with Crippen LogP contribution in [0.1, 0.15) is 43.9 Å². The van der Waals surface area contributed by atoms with E-state index in [9.17, 15) is 4.39 Å². The molecule has 1 aliphatic carbocycles. The molecule has 1 saturated carbocycles. The highest BCUT2D eigenvalue weighted by molar-refractivity contribution is 6.31. The van der Waals surface area contributed by atoms with E-state index >= 15 is 0 Å². The Kier molecular flexibility index (Phi) is 3.22. The topological polar surface area (TPSA) is 17.8 Å². The summed E-state index contributed by atoms with van der Waals surface area (Å²) in [5.74, 6) is 1.08. The maximum Gasteiger partial charge on any atom is 0.144 e. The van der Waals surface area contributed by atoms with Gasteiger partial charge in [0.15, 0.2) is 0 Å². The molecule has 3 rings (SSSR count). The summed E-state index contributed by atoms with van der Waals surface area (Å²) in [7, 11) is 0. The molecule has 1 fully saturated rings. The minimum atomic E-state index is -0.436. The van der Waals surface area contributed by atoms with Crippen LogP contribution in [0.3, 0.4) is 0 Å². The SMILES string of the molecule is CC1CC(n2c(C(C)Cl)nc3cc(F)c(Cl)cc32)C1. The van der Waals surface area contributed by atoms with Crippen molar-refractivity contribution in [2.45, 2.75) is 38.1 Å². The molecule has 0 spiro atoms. The van der Waals surface area contributed by atoms with Gasteiger partial charge in [0.05, 0.1) is 21.4 Å². The molecular formula is C14H15Cl2FN2. The Morgan fingerprint density at radius 3 is 2.68 bits per heavy atom. The van der Waals surface area contributed by atoms with Crippen LogP contribution in [0.4, 0.5) is 4.39 Å². The lowest BCUT2D eigenvalue weighted by Gasteiger charge is -2.35. The molecule has 0 aliphatic heterocycles. The minimum absolute atomic E-state index is 0.134. The summed E-state index contributed by atoms with van der Waals surface area (Å²) in [6, 6.07) is 3.45. The first-order valence-corrected chi connectivity index (χ1v) is 7.29. The van der Waals surface area contributed by atoms with Crippen LogP contribution in [0.2, 0.25) is 5.02 Å². The second-order valence-electron chi connectivity index (χ2n) is 5.44. The molecule has 1 heterocycles. The van der Waals surface area contributed by atoms with Crippen LogP contribution in [0.25, 0.3) is 11.0 Å². The fourth-order valence-electron chi connectivity index (χ4n) is 2.84. The van der Waals surface area contributed by atoms with Gasteiger partial charge in [-0.25, -0.2) is 9.37 Å². The van der Waals surface area contributed by atoms with Crippen LogP contribution in [-0.2, 0) is 0 Å². The molecule has 2 aromatic rings. The number of hydrogen-bond donors (Lipinski definition) is 0. The Hall–Kier alpha value is -0.800. The van der Waals surface area contributed by atoms with Gasteiger partial charge in [0, 0.05) is 12.1 Å². The van der Waals surface area contributed by atoms with Crippen molar-refractivity contribution in [2.75, 3.05) is 0 Å². The van der Waals surface area contributed by atoms with Crippen LogP contribution < -0.4 is 0 Å². The standard InChI is InChI=1S/C14H15Cl2FN2/c1-7-3-9(4-7)19-13-5-10(16)11(17)6-12(13)18-14(19)8(2)15/h5-9H,3-4H2,1-2H3. The molecule has 0 N–H and O–H groups in total. The molecule has 5 heteroatoms. The summed E-state index contributed by atoms with van der Waals surface area (Å²) in [6.45, 7) is 4.12. The largest absolute Gasteiger partial charge is 0.324 e.